The summed E-state index contributed by atoms with van der Waals surface area (Å²) in [5.74, 6) is -0.595. The fraction of sp³-hybridized carbons (Fsp3) is 0.150. The standard InChI is InChI=1S/C20H17F3N4O/c1-12-7-8-14(11-13(12)2)25-19-24-10-9-17(27-19)18(28)26-16-6-4-3-5-15(16)20(21,22)23/h3-11H,1-2H3,(H,26,28)(H,24,25,27). The number of para-hydroxylation sites is 1. The van der Waals surface area contributed by atoms with Crippen LogP contribution in [0.1, 0.15) is 27.2 Å². The maximum Gasteiger partial charge on any atom is 0.418 e. The molecule has 3 rings (SSSR count). The third-order valence-corrected chi connectivity index (χ3v) is 4.13. The number of hydrogen-bond acceptors (Lipinski definition) is 4. The number of carbonyl (C=O) groups excluding carboxylic acids is 1. The predicted molar refractivity (Wildman–Crippen MR) is 101 cm³/mol. The molecule has 0 aliphatic carbocycles. The summed E-state index contributed by atoms with van der Waals surface area (Å²) in [5.41, 5.74) is 1.63. The third-order valence-electron chi connectivity index (χ3n) is 4.13. The quantitative estimate of drug-likeness (QED) is 0.654. The van der Waals surface area contributed by atoms with Crippen molar-refractivity contribution >= 4 is 23.2 Å². The molecule has 1 aromatic heterocycles. The van der Waals surface area contributed by atoms with Crippen molar-refractivity contribution < 1.29 is 18.0 Å². The minimum absolute atomic E-state index is 0.0571. The summed E-state index contributed by atoms with van der Waals surface area (Å²) in [5, 5.41) is 5.25. The van der Waals surface area contributed by atoms with Crippen LogP contribution in [0.15, 0.2) is 54.7 Å². The van der Waals surface area contributed by atoms with Gasteiger partial charge < -0.3 is 10.6 Å². The first-order valence-electron chi connectivity index (χ1n) is 8.39. The van der Waals surface area contributed by atoms with Gasteiger partial charge in [0.25, 0.3) is 5.91 Å². The number of amides is 1. The molecular formula is C20H17F3N4O. The third kappa shape index (κ3) is 4.46. The lowest BCUT2D eigenvalue weighted by Gasteiger charge is -2.13. The van der Waals surface area contributed by atoms with E-state index in [1.165, 1.54) is 30.5 Å². The Morgan fingerprint density at radius 1 is 1.00 bits per heavy atom. The van der Waals surface area contributed by atoms with Crippen molar-refractivity contribution in [1.82, 2.24) is 9.97 Å². The number of nitrogens with one attached hydrogen (secondary N) is 2. The highest BCUT2D eigenvalue weighted by molar-refractivity contribution is 6.03. The molecule has 0 aliphatic heterocycles. The number of rotatable bonds is 4. The summed E-state index contributed by atoms with van der Waals surface area (Å²) in [4.78, 5) is 20.5. The van der Waals surface area contributed by atoms with Gasteiger partial charge in [-0.05, 0) is 55.3 Å². The highest BCUT2D eigenvalue weighted by Gasteiger charge is 2.33. The Labute approximate surface area is 159 Å². The van der Waals surface area contributed by atoms with E-state index in [-0.39, 0.29) is 17.3 Å². The van der Waals surface area contributed by atoms with Crippen LogP contribution in [-0.2, 0) is 6.18 Å². The molecule has 3 aromatic rings. The number of benzene rings is 2. The molecule has 8 heteroatoms. The molecule has 1 amide bonds. The van der Waals surface area contributed by atoms with Gasteiger partial charge in [0.1, 0.15) is 5.69 Å². The van der Waals surface area contributed by atoms with Crippen LogP contribution in [0.5, 0.6) is 0 Å². The topological polar surface area (TPSA) is 66.9 Å². The molecule has 144 valence electrons. The molecule has 0 fully saturated rings. The number of aromatic nitrogens is 2. The Kier molecular flexibility index (Phi) is 5.30. The molecule has 0 atom stereocenters. The van der Waals surface area contributed by atoms with Gasteiger partial charge in [-0.25, -0.2) is 9.97 Å². The summed E-state index contributed by atoms with van der Waals surface area (Å²) in [6.07, 6.45) is -3.22. The molecule has 0 spiro atoms. The lowest BCUT2D eigenvalue weighted by molar-refractivity contribution is -0.136. The Morgan fingerprint density at radius 2 is 1.75 bits per heavy atom. The average Bonchev–Trinajstić information content (AvgIpc) is 2.64. The van der Waals surface area contributed by atoms with Crippen LogP contribution in [0.2, 0.25) is 0 Å². The normalized spacial score (nSPS) is 11.2. The fourth-order valence-electron chi connectivity index (χ4n) is 2.52. The van der Waals surface area contributed by atoms with Crippen LogP contribution in [0.4, 0.5) is 30.5 Å². The minimum Gasteiger partial charge on any atom is -0.324 e. The van der Waals surface area contributed by atoms with E-state index in [2.05, 4.69) is 20.6 Å². The second kappa shape index (κ2) is 7.67. The lowest BCUT2D eigenvalue weighted by Crippen LogP contribution is -2.18. The fourth-order valence-corrected chi connectivity index (χ4v) is 2.52. The summed E-state index contributed by atoms with van der Waals surface area (Å²) < 4.78 is 39.2. The van der Waals surface area contributed by atoms with Gasteiger partial charge in [-0.3, -0.25) is 4.79 Å². The summed E-state index contributed by atoms with van der Waals surface area (Å²) >= 11 is 0. The van der Waals surface area contributed by atoms with Gasteiger partial charge in [-0.15, -0.1) is 0 Å². The van der Waals surface area contributed by atoms with Crippen LogP contribution < -0.4 is 10.6 Å². The highest BCUT2D eigenvalue weighted by atomic mass is 19.4. The summed E-state index contributed by atoms with van der Waals surface area (Å²) in [6, 6.07) is 11.8. The van der Waals surface area contributed by atoms with E-state index in [0.717, 1.165) is 22.9 Å². The van der Waals surface area contributed by atoms with Crippen molar-refractivity contribution in [3.8, 4) is 0 Å². The van der Waals surface area contributed by atoms with Crippen LogP contribution >= 0.6 is 0 Å². The average molecular weight is 386 g/mol. The van der Waals surface area contributed by atoms with Gasteiger partial charge in [-0.1, -0.05) is 18.2 Å². The summed E-state index contributed by atoms with van der Waals surface area (Å²) in [6.45, 7) is 3.95. The molecule has 0 unspecified atom stereocenters. The minimum atomic E-state index is -4.58. The van der Waals surface area contributed by atoms with Crippen molar-refractivity contribution in [2.24, 2.45) is 0 Å². The molecule has 1 heterocycles. The van der Waals surface area contributed by atoms with Gasteiger partial charge in [-0.2, -0.15) is 13.2 Å². The first kappa shape index (κ1) is 19.3. The monoisotopic (exact) mass is 386 g/mol. The van der Waals surface area contributed by atoms with E-state index in [1.54, 1.807) is 0 Å². The number of anilines is 3. The molecular weight excluding hydrogens is 369 g/mol. The molecule has 0 saturated heterocycles. The van der Waals surface area contributed by atoms with Crippen LogP contribution in [0, 0.1) is 13.8 Å². The largest absolute Gasteiger partial charge is 0.418 e. The van der Waals surface area contributed by atoms with Crippen molar-refractivity contribution in [3.05, 3.63) is 77.1 Å². The van der Waals surface area contributed by atoms with Crippen LogP contribution in [0.3, 0.4) is 0 Å². The number of hydrogen-bond donors (Lipinski definition) is 2. The van der Waals surface area contributed by atoms with E-state index in [4.69, 9.17) is 0 Å². The van der Waals surface area contributed by atoms with Crippen molar-refractivity contribution in [3.63, 3.8) is 0 Å². The van der Waals surface area contributed by atoms with Crippen LogP contribution in [0.25, 0.3) is 0 Å². The number of carbonyl (C=O) groups is 1. The Hall–Kier alpha value is -3.42. The molecule has 0 bridgehead atoms. The zero-order valence-electron chi connectivity index (χ0n) is 15.1. The molecule has 28 heavy (non-hydrogen) atoms. The maximum atomic E-state index is 13.1. The van der Waals surface area contributed by atoms with Crippen molar-refractivity contribution in [2.45, 2.75) is 20.0 Å². The van der Waals surface area contributed by atoms with Gasteiger partial charge in [0.05, 0.1) is 11.3 Å². The van der Waals surface area contributed by atoms with Gasteiger partial charge in [0.15, 0.2) is 0 Å². The first-order valence-corrected chi connectivity index (χ1v) is 8.39. The molecule has 2 N–H and O–H groups in total. The van der Waals surface area contributed by atoms with E-state index >= 15 is 0 Å². The number of nitrogens with zero attached hydrogens (tertiary/aromatic N) is 2. The van der Waals surface area contributed by atoms with E-state index in [0.29, 0.717) is 0 Å². The Bertz CT molecular complexity index is 1020. The predicted octanol–water partition coefficient (Wildman–Crippen LogP) is 5.11. The van der Waals surface area contributed by atoms with Crippen molar-refractivity contribution in [1.29, 1.82) is 0 Å². The Morgan fingerprint density at radius 3 is 2.46 bits per heavy atom. The van der Waals surface area contributed by atoms with Crippen LogP contribution in [-0.4, -0.2) is 15.9 Å². The van der Waals surface area contributed by atoms with Gasteiger partial charge >= 0.3 is 6.18 Å². The molecule has 5 nitrogen and oxygen atoms in total. The van der Waals surface area contributed by atoms with Gasteiger partial charge in [0, 0.05) is 11.9 Å². The second-order valence-electron chi connectivity index (χ2n) is 6.19. The molecule has 0 radical (unpaired) electrons. The highest BCUT2D eigenvalue weighted by Crippen LogP contribution is 2.34. The zero-order valence-corrected chi connectivity index (χ0v) is 15.1. The Balaban J connectivity index is 1.80. The lowest BCUT2D eigenvalue weighted by atomic mass is 10.1. The zero-order chi connectivity index (χ0) is 20.3. The smallest absolute Gasteiger partial charge is 0.324 e. The van der Waals surface area contributed by atoms with Crippen molar-refractivity contribution in [2.75, 3.05) is 10.6 Å². The first-order chi connectivity index (χ1) is 13.2. The number of alkyl halides is 3. The molecule has 2 aromatic carbocycles. The number of halogens is 3. The maximum absolute atomic E-state index is 13.1. The van der Waals surface area contributed by atoms with E-state index in [9.17, 15) is 18.0 Å². The molecule has 0 saturated carbocycles. The number of aryl methyl sites for hydroxylation is 2. The molecule has 0 aliphatic rings. The second-order valence-corrected chi connectivity index (χ2v) is 6.19. The van der Waals surface area contributed by atoms with Gasteiger partial charge in [0.2, 0.25) is 5.95 Å². The van der Waals surface area contributed by atoms with E-state index < -0.39 is 17.6 Å². The SMILES string of the molecule is Cc1ccc(Nc2nccc(C(=O)Nc3ccccc3C(F)(F)F)n2)cc1C. The summed E-state index contributed by atoms with van der Waals surface area (Å²) in [7, 11) is 0. The van der Waals surface area contributed by atoms with E-state index in [1.807, 2.05) is 32.0 Å².